The lowest BCUT2D eigenvalue weighted by atomic mass is 9.77. The number of halogens is 1. The van der Waals surface area contributed by atoms with Crippen molar-refractivity contribution in [3.8, 4) is 0 Å². The molecule has 0 saturated heterocycles. The monoisotopic (exact) mass is 618 g/mol. The highest BCUT2D eigenvalue weighted by atomic mass is 32.2. The van der Waals surface area contributed by atoms with Crippen LogP contribution >= 0.6 is 0 Å². The predicted octanol–water partition coefficient (Wildman–Crippen LogP) is 7.23. The quantitative estimate of drug-likeness (QED) is 0.191. The summed E-state index contributed by atoms with van der Waals surface area (Å²) in [6.07, 6.45) is 1.25. The molecule has 2 heterocycles. The zero-order valence-electron chi connectivity index (χ0n) is 25.0. The molecule has 0 bridgehead atoms. The van der Waals surface area contributed by atoms with E-state index in [9.17, 15) is 17.6 Å². The average Bonchev–Trinajstić information content (AvgIpc) is 3.40. The number of nitrogens with zero attached hydrogens (tertiary/aromatic N) is 3. The Morgan fingerprint density at radius 2 is 1.27 bits per heavy atom. The second-order valence-corrected chi connectivity index (χ2v) is 13.7. The lowest BCUT2D eigenvalue weighted by molar-refractivity contribution is -0.123. The van der Waals surface area contributed by atoms with Gasteiger partial charge in [0.15, 0.2) is 11.5 Å². The summed E-state index contributed by atoms with van der Waals surface area (Å²) in [5.74, 6) is -0.826. The summed E-state index contributed by atoms with van der Waals surface area (Å²) < 4.78 is 43.2. The minimum Gasteiger partial charge on any atom is -0.308 e. The van der Waals surface area contributed by atoms with Crippen molar-refractivity contribution in [3.05, 3.63) is 150 Å². The zero-order chi connectivity index (χ0) is 31.8. The Hall–Kier alpha value is -5.15. The van der Waals surface area contributed by atoms with E-state index >= 15 is 0 Å². The summed E-state index contributed by atoms with van der Waals surface area (Å²) in [7, 11) is -4.16. The Labute approximate surface area is 261 Å². The number of hydrogen-bond donors (Lipinski definition) is 1. The molecule has 4 aromatic carbocycles. The summed E-state index contributed by atoms with van der Waals surface area (Å²) in [4.78, 5) is 17.7. The van der Waals surface area contributed by atoms with Gasteiger partial charge in [0, 0.05) is 11.6 Å². The molecule has 0 saturated carbocycles. The number of pyridine rings is 1. The summed E-state index contributed by atoms with van der Waals surface area (Å²) in [6.45, 7) is 5.34. The van der Waals surface area contributed by atoms with Crippen LogP contribution in [0.2, 0.25) is 0 Å². The van der Waals surface area contributed by atoms with Crippen LogP contribution in [0.15, 0.2) is 137 Å². The lowest BCUT2D eigenvalue weighted by Crippen LogP contribution is -2.39. The molecule has 226 valence electrons. The van der Waals surface area contributed by atoms with E-state index in [1.165, 1.54) is 30.5 Å². The fourth-order valence-corrected chi connectivity index (χ4v) is 6.69. The first kappa shape index (κ1) is 29.9. The Bertz CT molecular complexity index is 2010. The summed E-state index contributed by atoms with van der Waals surface area (Å²) in [6, 6.07) is 35.8. The van der Waals surface area contributed by atoms with Crippen LogP contribution in [0.5, 0.6) is 0 Å². The molecule has 2 aromatic heterocycles. The molecule has 9 heteroatoms. The normalized spacial score (nSPS) is 12.3. The number of carbonyl (C=O) groups is 1. The third-order valence-electron chi connectivity index (χ3n) is 7.72. The third kappa shape index (κ3) is 5.29. The number of fused-ring (bicyclic) bond motifs is 1. The Morgan fingerprint density at radius 3 is 1.76 bits per heavy atom. The van der Waals surface area contributed by atoms with Crippen LogP contribution in [0.3, 0.4) is 0 Å². The summed E-state index contributed by atoms with van der Waals surface area (Å²) in [5, 5.41) is 8.27. The number of amides is 1. The van der Waals surface area contributed by atoms with Gasteiger partial charge < -0.3 is 5.32 Å². The molecular formula is C36H31FN4O3S. The van der Waals surface area contributed by atoms with Crippen LogP contribution in [0, 0.1) is 11.2 Å². The van der Waals surface area contributed by atoms with Gasteiger partial charge in [-0.25, -0.2) is 22.5 Å². The molecule has 1 amide bonds. The highest BCUT2D eigenvalue weighted by molar-refractivity contribution is 7.91. The van der Waals surface area contributed by atoms with Crippen LogP contribution in [0.25, 0.3) is 11.0 Å². The predicted molar refractivity (Wildman–Crippen MR) is 172 cm³/mol. The van der Waals surface area contributed by atoms with E-state index in [4.69, 9.17) is 10.1 Å². The molecular weight excluding hydrogens is 587 g/mol. The number of hydrogen-bond acceptors (Lipinski definition) is 5. The fraction of sp³-hybridized carbons (Fsp3) is 0.139. The zero-order valence-corrected chi connectivity index (χ0v) is 25.8. The van der Waals surface area contributed by atoms with E-state index in [0.29, 0.717) is 11.0 Å². The van der Waals surface area contributed by atoms with E-state index in [1.807, 2.05) is 91.0 Å². The number of benzene rings is 4. The van der Waals surface area contributed by atoms with Gasteiger partial charge >= 0.3 is 0 Å². The number of anilines is 1. The maximum absolute atomic E-state index is 14.1. The molecule has 0 fully saturated rings. The van der Waals surface area contributed by atoms with E-state index in [0.717, 1.165) is 22.8 Å². The highest BCUT2D eigenvalue weighted by Gasteiger charge is 2.42. The van der Waals surface area contributed by atoms with Crippen molar-refractivity contribution in [2.24, 2.45) is 5.41 Å². The largest absolute Gasteiger partial charge is 0.308 e. The third-order valence-corrected chi connectivity index (χ3v) is 9.44. The van der Waals surface area contributed by atoms with Gasteiger partial charge in [-0.15, -0.1) is 0 Å². The number of aromatic nitrogens is 3. The molecule has 0 radical (unpaired) electrons. The van der Waals surface area contributed by atoms with Gasteiger partial charge in [-0.2, -0.15) is 5.10 Å². The SMILES string of the molecule is CC(C)(C)C(=O)Nc1nn(C(c2ccccc2)(c2ccccc2)c2ccccc2)c2ncc(S(=O)(=O)c3cccc(F)c3)cc12. The molecule has 0 aliphatic carbocycles. The minimum absolute atomic E-state index is 0.154. The van der Waals surface area contributed by atoms with Crippen molar-refractivity contribution in [3.63, 3.8) is 0 Å². The molecule has 1 N–H and O–H groups in total. The molecule has 0 spiro atoms. The van der Waals surface area contributed by atoms with E-state index < -0.39 is 26.6 Å². The Morgan fingerprint density at radius 1 is 0.733 bits per heavy atom. The first-order valence-corrected chi connectivity index (χ1v) is 15.9. The Kier molecular flexibility index (Phi) is 7.58. The van der Waals surface area contributed by atoms with Gasteiger partial charge in [-0.3, -0.25) is 4.79 Å². The van der Waals surface area contributed by atoms with E-state index in [-0.39, 0.29) is 21.5 Å². The van der Waals surface area contributed by atoms with Gasteiger partial charge in [-0.05, 0) is 41.0 Å². The van der Waals surface area contributed by atoms with Crippen molar-refractivity contribution < 1.29 is 17.6 Å². The van der Waals surface area contributed by atoms with Crippen LogP contribution in [0.1, 0.15) is 37.5 Å². The molecule has 6 rings (SSSR count). The fourth-order valence-electron chi connectivity index (χ4n) is 5.43. The van der Waals surface area contributed by atoms with Crippen molar-refractivity contribution in [2.75, 3.05) is 5.32 Å². The number of carbonyl (C=O) groups excluding carboxylic acids is 1. The Balaban J connectivity index is 1.71. The summed E-state index contributed by atoms with van der Waals surface area (Å²) in [5.41, 5.74) is 1.11. The van der Waals surface area contributed by atoms with Crippen LogP contribution in [0.4, 0.5) is 10.2 Å². The summed E-state index contributed by atoms with van der Waals surface area (Å²) >= 11 is 0. The van der Waals surface area contributed by atoms with Crippen LogP contribution < -0.4 is 5.32 Å². The number of sulfone groups is 1. The molecule has 6 aromatic rings. The second-order valence-electron chi connectivity index (χ2n) is 11.8. The first-order chi connectivity index (χ1) is 21.5. The van der Waals surface area contributed by atoms with E-state index in [1.54, 1.807) is 25.5 Å². The van der Waals surface area contributed by atoms with Crippen LogP contribution in [-0.2, 0) is 20.2 Å². The smallest absolute Gasteiger partial charge is 0.230 e. The number of rotatable bonds is 7. The second kappa shape index (κ2) is 11.4. The average molecular weight is 619 g/mol. The van der Waals surface area contributed by atoms with Gasteiger partial charge in [0.2, 0.25) is 15.7 Å². The molecule has 0 unspecified atom stereocenters. The minimum atomic E-state index is -4.16. The van der Waals surface area contributed by atoms with Crippen LogP contribution in [-0.4, -0.2) is 29.1 Å². The van der Waals surface area contributed by atoms with Crippen molar-refractivity contribution in [1.82, 2.24) is 14.8 Å². The molecule has 7 nitrogen and oxygen atoms in total. The maximum Gasteiger partial charge on any atom is 0.230 e. The van der Waals surface area contributed by atoms with Gasteiger partial charge in [-0.1, -0.05) is 118 Å². The van der Waals surface area contributed by atoms with Gasteiger partial charge in [0.05, 0.1) is 15.2 Å². The maximum atomic E-state index is 14.1. The van der Waals surface area contributed by atoms with Crippen molar-refractivity contribution in [1.29, 1.82) is 0 Å². The molecule has 0 aliphatic rings. The van der Waals surface area contributed by atoms with E-state index in [2.05, 4.69) is 5.32 Å². The highest BCUT2D eigenvalue weighted by Crippen LogP contribution is 2.43. The standard InChI is InChI=1S/C36H31FN4O3S/c1-35(2,3)34(42)39-32-31-23-30(45(43,44)29-21-13-20-28(37)22-29)24-38-33(31)41(40-32)36(25-14-7-4-8-15-25,26-16-9-5-10-17-26)27-18-11-6-12-19-27/h4-24H,1-3H3,(H,39,40,42). The molecule has 45 heavy (non-hydrogen) atoms. The van der Waals surface area contributed by atoms with Crippen molar-refractivity contribution in [2.45, 2.75) is 36.1 Å². The molecule has 0 aliphatic heterocycles. The topological polar surface area (TPSA) is 93.9 Å². The number of nitrogens with one attached hydrogen (secondary N) is 1. The van der Waals surface area contributed by atoms with Crippen molar-refractivity contribution >= 4 is 32.6 Å². The van der Waals surface area contributed by atoms with Gasteiger partial charge in [0.1, 0.15) is 11.4 Å². The lowest BCUT2D eigenvalue weighted by Gasteiger charge is -2.36. The first-order valence-electron chi connectivity index (χ1n) is 14.4. The molecule has 0 atom stereocenters. The van der Waals surface area contributed by atoms with Gasteiger partial charge in [0.25, 0.3) is 0 Å².